The fraction of sp³-hybridized carbons (Fsp3) is 0.261. The van der Waals surface area contributed by atoms with E-state index in [-0.39, 0.29) is 51.2 Å². The number of benzene rings is 2. The Kier molecular flexibility index (Phi) is 6.71. The minimum atomic E-state index is -3.80. The van der Waals surface area contributed by atoms with E-state index in [4.69, 9.17) is 21.1 Å². The smallest absolute Gasteiger partial charge is 0.247 e. The van der Waals surface area contributed by atoms with Crippen LogP contribution in [0.25, 0.3) is 0 Å². The monoisotopic (exact) mass is 494 g/mol. The van der Waals surface area contributed by atoms with Crippen LogP contribution in [0.4, 0.5) is 14.5 Å². The molecule has 0 bridgehead atoms. The van der Waals surface area contributed by atoms with Gasteiger partial charge in [-0.15, -0.1) is 0 Å². The third kappa shape index (κ3) is 4.89. The van der Waals surface area contributed by atoms with Crippen molar-refractivity contribution in [2.45, 2.75) is 24.7 Å². The van der Waals surface area contributed by atoms with Gasteiger partial charge in [-0.1, -0.05) is 37.1 Å². The number of pyridine rings is 1. The van der Waals surface area contributed by atoms with Gasteiger partial charge in [-0.05, 0) is 42.8 Å². The molecule has 174 valence electrons. The average Bonchev–Trinajstić information content (AvgIpc) is 2.78. The Hall–Kier alpha value is -2.91. The minimum absolute atomic E-state index is 0.0771. The Morgan fingerprint density at radius 2 is 1.79 bits per heavy atom. The van der Waals surface area contributed by atoms with E-state index in [9.17, 15) is 17.2 Å². The first-order valence-corrected chi connectivity index (χ1v) is 12.4. The number of fused-ring (bicyclic) bond motifs is 1. The van der Waals surface area contributed by atoms with E-state index in [1.165, 1.54) is 42.5 Å². The summed E-state index contributed by atoms with van der Waals surface area (Å²) in [4.78, 5) is 6.00. The van der Waals surface area contributed by atoms with Gasteiger partial charge in [0.1, 0.15) is 27.2 Å². The predicted octanol–water partition coefficient (Wildman–Crippen LogP) is 5.99. The molecule has 1 aromatic heterocycles. The van der Waals surface area contributed by atoms with Crippen LogP contribution in [0.3, 0.4) is 0 Å². The summed E-state index contributed by atoms with van der Waals surface area (Å²) >= 11 is 6.49. The Morgan fingerprint density at radius 3 is 2.48 bits per heavy atom. The molecule has 0 radical (unpaired) electrons. The molecule has 0 aliphatic carbocycles. The summed E-state index contributed by atoms with van der Waals surface area (Å²) in [5, 5.41) is -0.249. The Labute approximate surface area is 195 Å². The molecule has 6 nitrogen and oxygen atoms in total. The summed E-state index contributed by atoms with van der Waals surface area (Å²) < 4.78 is 65.1. The lowest BCUT2D eigenvalue weighted by molar-refractivity contribution is 0.404. The minimum Gasteiger partial charge on any atom is -0.437 e. The summed E-state index contributed by atoms with van der Waals surface area (Å²) in [5.74, 6) is -1.59. The van der Waals surface area contributed by atoms with Crippen LogP contribution < -0.4 is 14.4 Å². The molecule has 1 aliphatic heterocycles. The molecule has 0 N–H and O–H groups in total. The van der Waals surface area contributed by atoms with Crippen LogP contribution in [0.2, 0.25) is 5.02 Å². The van der Waals surface area contributed by atoms with Crippen molar-refractivity contribution in [3.05, 3.63) is 65.2 Å². The molecular formula is C23H21ClF2N2O4S. The van der Waals surface area contributed by atoms with Gasteiger partial charge >= 0.3 is 0 Å². The number of nitrogens with zero attached hydrogens (tertiary/aromatic N) is 2. The van der Waals surface area contributed by atoms with Crippen molar-refractivity contribution in [2.24, 2.45) is 0 Å². The fourth-order valence-electron chi connectivity index (χ4n) is 3.46. The molecule has 0 atom stereocenters. The predicted molar refractivity (Wildman–Crippen MR) is 121 cm³/mol. The largest absolute Gasteiger partial charge is 0.437 e. The number of halogens is 3. The molecule has 0 saturated carbocycles. The second kappa shape index (κ2) is 9.52. The highest BCUT2D eigenvalue weighted by Gasteiger charge is 2.37. The Morgan fingerprint density at radius 1 is 1.06 bits per heavy atom. The lowest BCUT2D eigenvalue weighted by atomic mass is 10.2. The third-order valence-electron chi connectivity index (χ3n) is 5.12. The summed E-state index contributed by atoms with van der Waals surface area (Å²) in [7, 11) is -3.80. The van der Waals surface area contributed by atoms with Crippen molar-refractivity contribution < 1.29 is 26.7 Å². The number of aromatic nitrogens is 1. The van der Waals surface area contributed by atoms with E-state index in [0.717, 1.165) is 12.8 Å². The number of hydrogen-bond acceptors (Lipinski definition) is 6. The number of para-hydroxylation sites is 1. The fourth-order valence-corrected chi connectivity index (χ4v) is 5.52. The Balaban J connectivity index is 1.89. The van der Waals surface area contributed by atoms with Gasteiger partial charge < -0.3 is 14.4 Å². The van der Waals surface area contributed by atoms with Crippen LogP contribution in [0.15, 0.2) is 53.4 Å². The van der Waals surface area contributed by atoms with E-state index in [0.29, 0.717) is 6.54 Å². The zero-order chi connectivity index (χ0) is 23.6. The topological polar surface area (TPSA) is 68.7 Å². The van der Waals surface area contributed by atoms with Crippen molar-refractivity contribution >= 4 is 27.1 Å². The highest BCUT2D eigenvalue weighted by atomic mass is 35.5. The van der Waals surface area contributed by atoms with Gasteiger partial charge in [0.05, 0.1) is 5.75 Å². The van der Waals surface area contributed by atoms with Gasteiger partial charge in [-0.2, -0.15) is 4.98 Å². The first kappa shape index (κ1) is 23.3. The molecule has 4 rings (SSSR count). The molecule has 33 heavy (non-hydrogen) atoms. The van der Waals surface area contributed by atoms with E-state index in [1.54, 1.807) is 6.07 Å². The number of unbranched alkanes of at least 4 members (excludes halogenated alkanes) is 1. The average molecular weight is 495 g/mol. The van der Waals surface area contributed by atoms with Crippen molar-refractivity contribution in [3.63, 3.8) is 0 Å². The van der Waals surface area contributed by atoms with Crippen LogP contribution >= 0.6 is 11.6 Å². The molecular weight excluding hydrogens is 474 g/mol. The molecule has 0 saturated heterocycles. The molecule has 0 fully saturated rings. The van der Waals surface area contributed by atoms with Crippen molar-refractivity contribution in [1.82, 2.24) is 4.98 Å². The molecule has 0 amide bonds. The summed E-state index contributed by atoms with van der Waals surface area (Å²) in [6, 6.07) is 10.8. The molecule has 2 aromatic carbocycles. The summed E-state index contributed by atoms with van der Waals surface area (Å²) in [6.07, 6.45) is 1.70. The first-order valence-electron chi connectivity index (χ1n) is 10.4. The second-order valence-electron chi connectivity index (χ2n) is 7.46. The second-order valence-corrected chi connectivity index (χ2v) is 9.89. The SMILES string of the molecule is CCCCN1CCS(=O)(=O)c2c(Cl)c(Oc3ccccc3F)nc(Oc3ccc(F)cc3)c21. The molecule has 1 aliphatic rings. The zero-order valence-corrected chi connectivity index (χ0v) is 19.3. The quantitative estimate of drug-likeness (QED) is 0.402. The molecule has 2 heterocycles. The van der Waals surface area contributed by atoms with Crippen molar-refractivity contribution in [1.29, 1.82) is 0 Å². The van der Waals surface area contributed by atoms with Gasteiger partial charge in [-0.3, -0.25) is 0 Å². The summed E-state index contributed by atoms with van der Waals surface area (Å²) in [5.41, 5.74) is 0.213. The van der Waals surface area contributed by atoms with E-state index in [1.807, 2.05) is 11.8 Å². The van der Waals surface area contributed by atoms with E-state index in [2.05, 4.69) is 4.98 Å². The maximum atomic E-state index is 14.2. The van der Waals surface area contributed by atoms with Gasteiger partial charge in [0.2, 0.25) is 11.8 Å². The van der Waals surface area contributed by atoms with Gasteiger partial charge in [0.15, 0.2) is 21.4 Å². The van der Waals surface area contributed by atoms with Crippen LogP contribution in [0.1, 0.15) is 19.8 Å². The van der Waals surface area contributed by atoms with Gasteiger partial charge in [0, 0.05) is 13.1 Å². The van der Waals surface area contributed by atoms with Crippen LogP contribution in [0, 0.1) is 11.6 Å². The normalized spacial score (nSPS) is 14.6. The molecule has 0 spiro atoms. The van der Waals surface area contributed by atoms with Crippen LogP contribution in [0.5, 0.6) is 23.3 Å². The summed E-state index contributed by atoms with van der Waals surface area (Å²) in [6.45, 7) is 2.82. The molecule has 3 aromatic rings. The van der Waals surface area contributed by atoms with E-state index >= 15 is 0 Å². The maximum absolute atomic E-state index is 14.2. The number of anilines is 1. The highest BCUT2D eigenvalue weighted by molar-refractivity contribution is 7.91. The lowest BCUT2D eigenvalue weighted by Crippen LogP contribution is -2.36. The Bertz CT molecular complexity index is 1270. The number of rotatable bonds is 7. The van der Waals surface area contributed by atoms with Crippen LogP contribution in [-0.2, 0) is 9.84 Å². The molecule has 0 unspecified atom stereocenters. The van der Waals surface area contributed by atoms with Crippen molar-refractivity contribution in [3.8, 4) is 23.3 Å². The molecule has 10 heteroatoms. The number of sulfone groups is 1. The third-order valence-corrected chi connectivity index (χ3v) is 7.32. The first-order chi connectivity index (χ1) is 15.8. The van der Waals surface area contributed by atoms with Crippen molar-refractivity contribution in [2.75, 3.05) is 23.7 Å². The van der Waals surface area contributed by atoms with Gasteiger partial charge in [-0.25, -0.2) is 17.2 Å². The van der Waals surface area contributed by atoms with Gasteiger partial charge in [0.25, 0.3) is 0 Å². The maximum Gasteiger partial charge on any atom is 0.247 e. The lowest BCUT2D eigenvalue weighted by Gasteiger charge is -2.32. The number of hydrogen-bond donors (Lipinski definition) is 0. The number of ether oxygens (including phenoxy) is 2. The van der Waals surface area contributed by atoms with Crippen LogP contribution in [-0.4, -0.2) is 32.2 Å². The standard InChI is InChI=1S/C23H21ClF2N2O4S/c1-2-3-12-28-13-14-33(29,30)21-19(24)22(32-18-7-5-4-6-17(18)26)27-23(20(21)28)31-16-10-8-15(25)9-11-16/h4-11H,2-3,12-14H2,1H3. The zero-order valence-electron chi connectivity index (χ0n) is 17.7. The highest BCUT2D eigenvalue weighted by Crippen LogP contribution is 2.47. The van der Waals surface area contributed by atoms with E-state index < -0.39 is 21.5 Å².